The zero-order chi connectivity index (χ0) is 22.9. The molecule has 7 nitrogen and oxygen atoms in total. The van der Waals surface area contributed by atoms with Crippen LogP contribution in [0.1, 0.15) is 22.5 Å². The summed E-state index contributed by atoms with van der Waals surface area (Å²) >= 11 is 7.43. The predicted octanol–water partition coefficient (Wildman–Crippen LogP) is 4.58. The van der Waals surface area contributed by atoms with Crippen molar-refractivity contribution in [3.05, 3.63) is 76.1 Å². The van der Waals surface area contributed by atoms with Gasteiger partial charge in [-0.1, -0.05) is 41.6 Å². The molecule has 0 unspecified atom stereocenters. The lowest BCUT2D eigenvalue weighted by Crippen LogP contribution is -2.19. The molecule has 3 rings (SSSR count). The number of thioether (sulfide) groups is 1. The zero-order valence-electron chi connectivity index (χ0n) is 18.0. The summed E-state index contributed by atoms with van der Waals surface area (Å²) in [7, 11) is 1.56. The lowest BCUT2D eigenvalue weighted by molar-refractivity contribution is -0.118. The molecule has 9 heteroatoms. The Morgan fingerprint density at radius 2 is 1.88 bits per heavy atom. The second kappa shape index (κ2) is 11.5. The number of methoxy groups -OCH3 is 1. The Morgan fingerprint density at radius 3 is 2.59 bits per heavy atom. The normalized spacial score (nSPS) is 10.9. The summed E-state index contributed by atoms with van der Waals surface area (Å²) in [6, 6.07) is 14.8. The average Bonchev–Trinajstić information content (AvgIpc) is 2.77. The minimum Gasteiger partial charge on any atom is -0.493 e. The van der Waals surface area contributed by atoms with Gasteiger partial charge in [-0.3, -0.25) is 4.79 Å². The van der Waals surface area contributed by atoms with Gasteiger partial charge in [0.15, 0.2) is 16.7 Å². The van der Waals surface area contributed by atoms with Gasteiger partial charge in [0.25, 0.3) is 5.91 Å². The van der Waals surface area contributed by atoms with Crippen molar-refractivity contribution in [1.82, 2.24) is 15.4 Å². The van der Waals surface area contributed by atoms with Gasteiger partial charge in [0.1, 0.15) is 6.61 Å². The molecule has 1 aromatic heterocycles. The number of ether oxygens (including phenoxy) is 2. The van der Waals surface area contributed by atoms with Crippen molar-refractivity contribution in [2.24, 2.45) is 5.10 Å². The molecule has 0 radical (unpaired) electrons. The molecule has 0 aliphatic carbocycles. The predicted molar refractivity (Wildman–Crippen MR) is 127 cm³/mol. The van der Waals surface area contributed by atoms with Gasteiger partial charge in [-0.15, -0.1) is 0 Å². The van der Waals surface area contributed by atoms with Crippen molar-refractivity contribution in [3.8, 4) is 11.5 Å². The molecule has 2 aromatic carbocycles. The van der Waals surface area contributed by atoms with Crippen LogP contribution in [0.5, 0.6) is 11.5 Å². The van der Waals surface area contributed by atoms with Gasteiger partial charge >= 0.3 is 0 Å². The molecular weight excluding hydrogens is 448 g/mol. The number of rotatable bonds is 9. The van der Waals surface area contributed by atoms with Crippen molar-refractivity contribution in [2.45, 2.75) is 25.6 Å². The van der Waals surface area contributed by atoms with E-state index >= 15 is 0 Å². The Labute approximate surface area is 196 Å². The maximum atomic E-state index is 12.0. The summed E-state index contributed by atoms with van der Waals surface area (Å²) in [5.74, 6) is 1.05. The molecule has 0 spiro atoms. The maximum absolute atomic E-state index is 12.0. The van der Waals surface area contributed by atoms with Crippen molar-refractivity contribution >= 4 is 35.5 Å². The fourth-order valence-corrected chi connectivity index (χ4v) is 3.69. The highest BCUT2D eigenvalue weighted by Crippen LogP contribution is 2.29. The maximum Gasteiger partial charge on any atom is 0.250 e. The first-order valence-electron chi connectivity index (χ1n) is 9.76. The van der Waals surface area contributed by atoms with Crippen LogP contribution in [-0.2, 0) is 11.4 Å². The number of benzene rings is 2. The molecule has 0 saturated carbocycles. The average molecular weight is 471 g/mol. The molecule has 0 aliphatic heterocycles. The number of aromatic nitrogens is 2. The molecular formula is C23H23ClN4O3S. The van der Waals surface area contributed by atoms with Crippen LogP contribution in [0.2, 0.25) is 5.02 Å². The number of hydrogen-bond acceptors (Lipinski definition) is 7. The standard InChI is InChI=1S/C23H23ClN4O3S/c1-15-10-16(2)27-23(26-15)32-14-22(29)28-25-12-17-8-9-20(21(11-17)30-3)31-13-18-6-4-5-7-19(18)24/h4-12H,13-14H2,1-3H3,(H,28,29). The van der Waals surface area contributed by atoms with E-state index < -0.39 is 0 Å². The first-order chi connectivity index (χ1) is 15.4. The first-order valence-corrected chi connectivity index (χ1v) is 11.1. The van der Waals surface area contributed by atoms with E-state index in [4.69, 9.17) is 21.1 Å². The topological polar surface area (TPSA) is 85.7 Å². The lowest BCUT2D eigenvalue weighted by Gasteiger charge is -2.12. The van der Waals surface area contributed by atoms with Crippen LogP contribution in [0.4, 0.5) is 0 Å². The SMILES string of the molecule is COc1cc(C=NNC(=O)CSc2nc(C)cc(C)n2)ccc1OCc1ccccc1Cl. The van der Waals surface area contributed by atoms with E-state index in [-0.39, 0.29) is 11.7 Å². The molecule has 0 bridgehead atoms. The molecule has 0 fully saturated rings. The van der Waals surface area contributed by atoms with E-state index in [0.29, 0.717) is 28.3 Å². The van der Waals surface area contributed by atoms with Gasteiger partial charge in [-0.2, -0.15) is 5.10 Å². The third kappa shape index (κ3) is 6.96. The highest BCUT2D eigenvalue weighted by atomic mass is 35.5. The number of aryl methyl sites for hydroxylation is 2. The molecule has 3 aromatic rings. The van der Waals surface area contributed by atoms with Crippen LogP contribution >= 0.6 is 23.4 Å². The van der Waals surface area contributed by atoms with E-state index in [9.17, 15) is 4.79 Å². The Morgan fingerprint density at radius 1 is 1.12 bits per heavy atom. The van der Waals surface area contributed by atoms with Gasteiger partial charge in [-0.25, -0.2) is 15.4 Å². The molecule has 32 heavy (non-hydrogen) atoms. The monoisotopic (exact) mass is 470 g/mol. The Bertz CT molecular complexity index is 1100. The third-order valence-electron chi connectivity index (χ3n) is 4.23. The van der Waals surface area contributed by atoms with Crippen LogP contribution < -0.4 is 14.9 Å². The van der Waals surface area contributed by atoms with Gasteiger partial charge in [0.05, 0.1) is 19.1 Å². The summed E-state index contributed by atoms with van der Waals surface area (Å²) in [5.41, 5.74) is 5.87. The first kappa shape index (κ1) is 23.6. The highest BCUT2D eigenvalue weighted by molar-refractivity contribution is 7.99. The summed E-state index contributed by atoms with van der Waals surface area (Å²) < 4.78 is 11.3. The number of halogens is 1. The third-order valence-corrected chi connectivity index (χ3v) is 5.44. The number of carbonyl (C=O) groups excluding carboxylic acids is 1. The number of hydrazone groups is 1. The number of nitrogens with zero attached hydrogens (tertiary/aromatic N) is 3. The molecule has 1 N–H and O–H groups in total. The molecule has 166 valence electrons. The van der Waals surface area contributed by atoms with E-state index in [0.717, 1.165) is 22.5 Å². The van der Waals surface area contributed by atoms with Gasteiger partial charge < -0.3 is 9.47 Å². The van der Waals surface area contributed by atoms with Crippen LogP contribution in [0.25, 0.3) is 0 Å². The minimum absolute atomic E-state index is 0.165. The summed E-state index contributed by atoms with van der Waals surface area (Å²) in [4.78, 5) is 20.6. The van der Waals surface area contributed by atoms with E-state index in [1.807, 2.05) is 50.2 Å². The summed E-state index contributed by atoms with van der Waals surface area (Å²) in [5, 5.41) is 5.22. The number of hydrogen-bond donors (Lipinski definition) is 1. The van der Waals surface area contributed by atoms with Gasteiger partial charge in [-0.05, 0) is 49.7 Å². The van der Waals surface area contributed by atoms with Crippen LogP contribution in [0.15, 0.2) is 58.8 Å². The van der Waals surface area contributed by atoms with E-state index in [1.165, 1.54) is 18.0 Å². The van der Waals surface area contributed by atoms with Crippen molar-refractivity contribution in [1.29, 1.82) is 0 Å². The Hall–Kier alpha value is -3.10. The molecule has 0 atom stereocenters. The van der Waals surface area contributed by atoms with Crippen LogP contribution in [0, 0.1) is 13.8 Å². The molecule has 0 aliphatic rings. The van der Waals surface area contributed by atoms with Gasteiger partial charge in [0.2, 0.25) is 0 Å². The largest absolute Gasteiger partial charge is 0.493 e. The minimum atomic E-state index is -0.249. The Balaban J connectivity index is 1.53. The number of nitrogens with one attached hydrogen (secondary N) is 1. The van der Waals surface area contributed by atoms with E-state index in [2.05, 4.69) is 20.5 Å². The zero-order valence-corrected chi connectivity index (χ0v) is 19.5. The quantitative estimate of drug-likeness (QED) is 0.213. The van der Waals surface area contributed by atoms with Crippen molar-refractivity contribution in [3.63, 3.8) is 0 Å². The number of carbonyl (C=O) groups is 1. The van der Waals surface area contributed by atoms with Crippen LogP contribution in [0.3, 0.4) is 0 Å². The molecule has 1 amide bonds. The fourth-order valence-electron chi connectivity index (χ4n) is 2.75. The second-order valence-electron chi connectivity index (χ2n) is 6.81. The van der Waals surface area contributed by atoms with Crippen molar-refractivity contribution < 1.29 is 14.3 Å². The smallest absolute Gasteiger partial charge is 0.250 e. The summed E-state index contributed by atoms with van der Waals surface area (Å²) in [6.45, 7) is 4.11. The van der Waals surface area contributed by atoms with Crippen molar-refractivity contribution in [2.75, 3.05) is 12.9 Å². The van der Waals surface area contributed by atoms with Gasteiger partial charge in [0, 0.05) is 22.0 Å². The number of amides is 1. The summed E-state index contributed by atoms with van der Waals surface area (Å²) in [6.07, 6.45) is 1.54. The molecule has 0 saturated heterocycles. The van der Waals surface area contributed by atoms with E-state index in [1.54, 1.807) is 19.2 Å². The fraction of sp³-hybridized carbons (Fsp3) is 0.217. The van der Waals surface area contributed by atoms with Crippen LogP contribution in [-0.4, -0.2) is 35.0 Å². The molecule has 1 heterocycles. The second-order valence-corrected chi connectivity index (χ2v) is 8.16. The highest BCUT2D eigenvalue weighted by Gasteiger charge is 2.08. The lowest BCUT2D eigenvalue weighted by atomic mass is 10.2. The Kier molecular flexibility index (Phi) is 8.47.